The SMILES string of the molecule is C[C@H]1O[C@@H](O)[C@H](O)[C@@H](O[C@@H]2OC[C@@H](O)[C@H](O)[C@H]2O)[C@H]1N. The third kappa shape index (κ3) is 2.96. The van der Waals surface area contributed by atoms with Crippen LogP contribution in [0.3, 0.4) is 0 Å². The Labute approximate surface area is 115 Å². The first-order chi connectivity index (χ1) is 9.32. The maximum absolute atomic E-state index is 9.83. The maximum atomic E-state index is 9.83. The largest absolute Gasteiger partial charge is 0.388 e. The van der Waals surface area contributed by atoms with Crippen molar-refractivity contribution in [2.75, 3.05) is 6.61 Å². The zero-order valence-corrected chi connectivity index (χ0v) is 10.9. The molecule has 0 bridgehead atoms. The molecule has 0 saturated carbocycles. The minimum atomic E-state index is -1.49. The predicted octanol–water partition coefficient (Wildman–Crippen LogP) is -3.76. The van der Waals surface area contributed by atoms with Crippen LogP contribution in [-0.4, -0.2) is 87.4 Å². The number of aliphatic hydroxyl groups is 5. The maximum Gasteiger partial charge on any atom is 0.186 e. The Morgan fingerprint density at radius 3 is 2.35 bits per heavy atom. The lowest BCUT2D eigenvalue weighted by Crippen LogP contribution is -2.64. The summed E-state index contributed by atoms with van der Waals surface area (Å²) in [4.78, 5) is 0. The number of nitrogens with two attached hydrogens (primary N) is 1. The van der Waals surface area contributed by atoms with Crippen LogP contribution in [0.15, 0.2) is 0 Å². The summed E-state index contributed by atoms with van der Waals surface area (Å²) in [6, 6.07) is -0.756. The minimum Gasteiger partial charge on any atom is -0.388 e. The van der Waals surface area contributed by atoms with Crippen LogP contribution >= 0.6 is 0 Å². The molecule has 20 heavy (non-hydrogen) atoms. The summed E-state index contributed by atoms with van der Waals surface area (Å²) in [6.45, 7) is 1.38. The third-order valence-corrected chi connectivity index (χ3v) is 3.65. The Morgan fingerprint density at radius 2 is 1.70 bits per heavy atom. The van der Waals surface area contributed by atoms with E-state index < -0.39 is 55.2 Å². The van der Waals surface area contributed by atoms with Gasteiger partial charge in [0.2, 0.25) is 0 Å². The lowest BCUT2D eigenvalue weighted by atomic mass is 9.97. The molecule has 118 valence electrons. The summed E-state index contributed by atoms with van der Waals surface area (Å²) < 4.78 is 15.4. The van der Waals surface area contributed by atoms with Crippen molar-refractivity contribution in [3.8, 4) is 0 Å². The van der Waals surface area contributed by atoms with Crippen LogP contribution in [-0.2, 0) is 14.2 Å². The van der Waals surface area contributed by atoms with Crippen molar-refractivity contribution >= 4 is 0 Å². The van der Waals surface area contributed by atoms with Crippen LogP contribution in [0.2, 0.25) is 0 Å². The first-order valence-corrected chi connectivity index (χ1v) is 6.41. The highest BCUT2D eigenvalue weighted by molar-refractivity contribution is 4.92. The molecule has 0 spiro atoms. The molecule has 2 saturated heterocycles. The van der Waals surface area contributed by atoms with Gasteiger partial charge < -0.3 is 45.5 Å². The molecule has 2 rings (SSSR count). The molecular formula is C11H21NO8. The first kappa shape index (κ1) is 16.0. The van der Waals surface area contributed by atoms with E-state index in [0.29, 0.717) is 0 Å². The fourth-order valence-corrected chi connectivity index (χ4v) is 2.27. The highest BCUT2D eigenvalue weighted by Gasteiger charge is 2.46. The van der Waals surface area contributed by atoms with Gasteiger partial charge in [-0.1, -0.05) is 0 Å². The molecule has 2 aliphatic rings. The molecule has 9 heteroatoms. The molecule has 2 heterocycles. The number of hydrogen-bond donors (Lipinski definition) is 6. The van der Waals surface area contributed by atoms with Crippen molar-refractivity contribution in [1.82, 2.24) is 0 Å². The van der Waals surface area contributed by atoms with E-state index in [-0.39, 0.29) is 6.61 Å². The standard InChI is InChI=1S/C11H21NO8/c1-3-5(12)9(8(16)10(17)19-3)20-11-7(15)6(14)4(13)2-18-11/h3-11,13-17H,2,12H2,1H3/t3-,4-,5+,6+,7-,8-,9+,10-,11+/m1/s1. The molecule has 0 aromatic carbocycles. The first-order valence-electron chi connectivity index (χ1n) is 6.41. The van der Waals surface area contributed by atoms with Gasteiger partial charge in [0.25, 0.3) is 0 Å². The number of ether oxygens (including phenoxy) is 3. The Balaban J connectivity index is 2.04. The average molecular weight is 295 g/mol. The highest BCUT2D eigenvalue weighted by Crippen LogP contribution is 2.25. The van der Waals surface area contributed by atoms with Gasteiger partial charge in [-0.3, -0.25) is 0 Å². The van der Waals surface area contributed by atoms with Crippen molar-refractivity contribution in [1.29, 1.82) is 0 Å². The zero-order valence-electron chi connectivity index (χ0n) is 10.9. The molecule has 2 aliphatic heterocycles. The van der Waals surface area contributed by atoms with E-state index in [1.165, 1.54) is 0 Å². The summed E-state index contributed by atoms with van der Waals surface area (Å²) in [6.07, 6.45) is -9.91. The lowest BCUT2D eigenvalue weighted by Gasteiger charge is -2.43. The zero-order chi connectivity index (χ0) is 15.0. The molecule has 0 amide bonds. The van der Waals surface area contributed by atoms with Gasteiger partial charge in [-0.15, -0.1) is 0 Å². The molecule has 9 atom stereocenters. The number of rotatable bonds is 2. The second-order valence-corrected chi connectivity index (χ2v) is 5.15. The van der Waals surface area contributed by atoms with Gasteiger partial charge in [-0.05, 0) is 6.92 Å². The van der Waals surface area contributed by atoms with Gasteiger partial charge in [0.1, 0.15) is 30.5 Å². The molecule has 0 aromatic rings. The monoisotopic (exact) mass is 295 g/mol. The van der Waals surface area contributed by atoms with Crippen molar-refractivity contribution in [3.63, 3.8) is 0 Å². The smallest absolute Gasteiger partial charge is 0.186 e. The molecule has 9 nitrogen and oxygen atoms in total. The summed E-state index contributed by atoms with van der Waals surface area (Å²) in [5, 5.41) is 48.0. The topological polar surface area (TPSA) is 155 Å². The minimum absolute atomic E-state index is 0.227. The Bertz CT molecular complexity index is 318. The second kappa shape index (κ2) is 6.18. The second-order valence-electron chi connectivity index (χ2n) is 5.15. The molecule has 0 radical (unpaired) electrons. The van der Waals surface area contributed by atoms with E-state index >= 15 is 0 Å². The van der Waals surface area contributed by atoms with Crippen LogP contribution in [0.5, 0.6) is 0 Å². The Hall–Kier alpha value is -0.360. The van der Waals surface area contributed by atoms with E-state index in [1.54, 1.807) is 6.92 Å². The van der Waals surface area contributed by atoms with Crippen molar-refractivity contribution < 1.29 is 39.7 Å². The molecule has 0 aliphatic carbocycles. The van der Waals surface area contributed by atoms with Gasteiger partial charge in [-0.25, -0.2) is 0 Å². The van der Waals surface area contributed by atoms with Crippen LogP contribution in [0.25, 0.3) is 0 Å². The molecule has 0 unspecified atom stereocenters. The number of hydrogen-bond acceptors (Lipinski definition) is 9. The fraction of sp³-hybridized carbons (Fsp3) is 1.00. The normalized spacial score (nSPS) is 53.9. The van der Waals surface area contributed by atoms with Crippen LogP contribution in [0.1, 0.15) is 6.92 Å². The van der Waals surface area contributed by atoms with Gasteiger partial charge in [0, 0.05) is 0 Å². The van der Waals surface area contributed by atoms with Crippen molar-refractivity contribution in [3.05, 3.63) is 0 Å². The Kier molecular flexibility index (Phi) is 4.95. The van der Waals surface area contributed by atoms with Crippen molar-refractivity contribution in [2.24, 2.45) is 5.73 Å². The highest BCUT2D eigenvalue weighted by atomic mass is 16.7. The summed E-state index contributed by atoms with van der Waals surface area (Å²) >= 11 is 0. The van der Waals surface area contributed by atoms with Crippen molar-refractivity contribution in [2.45, 2.75) is 62.2 Å². The quantitative estimate of drug-likeness (QED) is 0.301. The predicted molar refractivity (Wildman–Crippen MR) is 63.2 cm³/mol. The lowest BCUT2D eigenvalue weighted by molar-refractivity contribution is -0.323. The van der Waals surface area contributed by atoms with E-state index in [1.807, 2.05) is 0 Å². The van der Waals surface area contributed by atoms with Gasteiger partial charge in [0.15, 0.2) is 12.6 Å². The summed E-state index contributed by atoms with van der Waals surface area (Å²) in [5.41, 5.74) is 5.83. The molecule has 0 aromatic heterocycles. The fourth-order valence-electron chi connectivity index (χ4n) is 2.27. The summed E-state index contributed by atoms with van der Waals surface area (Å²) in [7, 11) is 0. The summed E-state index contributed by atoms with van der Waals surface area (Å²) in [5.74, 6) is 0. The van der Waals surface area contributed by atoms with Gasteiger partial charge in [-0.2, -0.15) is 0 Å². The van der Waals surface area contributed by atoms with Gasteiger partial charge >= 0.3 is 0 Å². The molecular weight excluding hydrogens is 274 g/mol. The van der Waals surface area contributed by atoms with E-state index in [2.05, 4.69) is 0 Å². The molecule has 2 fully saturated rings. The van der Waals surface area contributed by atoms with Gasteiger partial charge in [0.05, 0.1) is 18.8 Å². The van der Waals surface area contributed by atoms with E-state index in [4.69, 9.17) is 19.9 Å². The van der Waals surface area contributed by atoms with Crippen LogP contribution in [0.4, 0.5) is 0 Å². The number of aliphatic hydroxyl groups excluding tert-OH is 5. The third-order valence-electron chi connectivity index (χ3n) is 3.65. The van der Waals surface area contributed by atoms with Crippen LogP contribution in [0, 0.1) is 0 Å². The average Bonchev–Trinajstić information content (AvgIpc) is 2.41. The molecule has 7 N–H and O–H groups in total. The Morgan fingerprint density at radius 1 is 1.05 bits per heavy atom. The van der Waals surface area contributed by atoms with Crippen LogP contribution < -0.4 is 5.73 Å². The van der Waals surface area contributed by atoms with E-state index in [9.17, 15) is 25.5 Å². The van der Waals surface area contributed by atoms with E-state index in [0.717, 1.165) is 0 Å².